The van der Waals surface area contributed by atoms with Crippen molar-refractivity contribution >= 4 is 5.78 Å². The maximum Gasteiger partial charge on any atom is 0.140 e. The molecule has 3 atom stereocenters. The van der Waals surface area contributed by atoms with E-state index in [1.54, 1.807) is 0 Å². The van der Waals surface area contributed by atoms with E-state index in [-0.39, 0.29) is 17.4 Å². The molecule has 2 aliphatic rings. The lowest BCUT2D eigenvalue weighted by atomic mass is 9.78. The van der Waals surface area contributed by atoms with Gasteiger partial charge >= 0.3 is 0 Å². The Balaban J connectivity index is 1.97. The molecule has 4 heteroatoms. The molecule has 2 aliphatic heterocycles. The van der Waals surface area contributed by atoms with Gasteiger partial charge in [0.1, 0.15) is 5.78 Å². The third-order valence-electron chi connectivity index (χ3n) is 4.29. The maximum atomic E-state index is 12.5. The first-order valence-corrected chi connectivity index (χ1v) is 7.16. The minimum Gasteiger partial charge on any atom is -0.378 e. The summed E-state index contributed by atoms with van der Waals surface area (Å²) in [5.74, 6) is 0.520. The molecular weight excluding hydrogens is 230 g/mol. The molecule has 2 saturated heterocycles. The van der Waals surface area contributed by atoms with E-state index in [4.69, 9.17) is 15.2 Å². The molecule has 0 radical (unpaired) electrons. The molecule has 2 fully saturated rings. The van der Waals surface area contributed by atoms with Crippen LogP contribution in [0, 0.1) is 11.8 Å². The van der Waals surface area contributed by atoms with E-state index < -0.39 is 0 Å². The van der Waals surface area contributed by atoms with Crippen LogP contribution in [0.1, 0.15) is 39.0 Å². The fourth-order valence-electron chi connectivity index (χ4n) is 3.19. The van der Waals surface area contributed by atoms with Crippen molar-refractivity contribution in [2.24, 2.45) is 17.6 Å². The Morgan fingerprint density at radius 1 is 1.50 bits per heavy atom. The molecule has 2 heterocycles. The molecule has 18 heavy (non-hydrogen) atoms. The van der Waals surface area contributed by atoms with E-state index in [9.17, 15) is 4.79 Å². The third-order valence-corrected chi connectivity index (χ3v) is 4.29. The Labute approximate surface area is 109 Å². The molecule has 0 saturated carbocycles. The standard InChI is InChI=1S/C14H25NO3/c1-2-3-12(9-15)13(16)11-4-6-18-14(8-11)5-7-17-10-14/h11-12H,2-10,15H2,1H3. The van der Waals surface area contributed by atoms with Crippen LogP contribution in [0.4, 0.5) is 0 Å². The second-order valence-electron chi connectivity index (χ2n) is 5.65. The quantitative estimate of drug-likeness (QED) is 0.809. The molecule has 0 bridgehead atoms. The normalized spacial score (nSPS) is 33.8. The van der Waals surface area contributed by atoms with Crippen LogP contribution in [0.25, 0.3) is 0 Å². The summed E-state index contributed by atoms with van der Waals surface area (Å²) in [6.45, 7) is 4.68. The lowest BCUT2D eigenvalue weighted by Gasteiger charge is -2.37. The topological polar surface area (TPSA) is 61.6 Å². The fraction of sp³-hybridized carbons (Fsp3) is 0.929. The summed E-state index contributed by atoms with van der Waals surface area (Å²) in [5.41, 5.74) is 5.56. The minimum absolute atomic E-state index is 0.0393. The zero-order chi connectivity index (χ0) is 13.0. The number of hydrogen-bond acceptors (Lipinski definition) is 4. The van der Waals surface area contributed by atoms with Crippen LogP contribution in [0.15, 0.2) is 0 Å². The summed E-state index contributed by atoms with van der Waals surface area (Å²) in [5, 5.41) is 0. The van der Waals surface area contributed by atoms with Gasteiger partial charge in [0.25, 0.3) is 0 Å². The number of nitrogens with two attached hydrogens (primary N) is 1. The lowest BCUT2D eigenvalue weighted by Crippen LogP contribution is -2.44. The largest absolute Gasteiger partial charge is 0.378 e. The average molecular weight is 255 g/mol. The number of ketones is 1. The van der Waals surface area contributed by atoms with Crippen molar-refractivity contribution in [2.75, 3.05) is 26.4 Å². The van der Waals surface area contributed by atoms with E-state index in [1.807, 2.05) is 0 Å². The molecule has 104 valence electrons. The fourth-order valence-corrected chi connectivity index (χ4v) is 3.19. The Kier molecular flexibility index (Phi) is 4.76. The van der Waals surface area contributed by atoms with Gasteiger partial charge in [-0.25, -0.2) is 0 Å². The van der Waals surface area contributed by atoms with Crippen molar-refractivity contribution in [3.8, 4) is 0 Å². The third kappa shape index (κ3) is 2.92. The number of carbonyl (C=O) groups excluding carboxylic acids is 1. The van der Waals surface area contributed by atoms with E-state index in [0.29, 0.717) is 25.5 Å². The second-order valence-corrected chi connectivity index (χ2v) is 5.65. The van der Waals surface area contributed by atoms with Gasteiger partial charge < -0.3 is 15.2 Å². The van der Waals surface area contributed by atoms with Crippen LogP contribution in [0.3, 0.4) is 0 Å². The van der Waals surface area contributed by atoms with E-state index >= 15 is 0 Å². The predicted octanol–water partition coefficient (Wildman–Crippen LogP) is 1.52. The highest BCUT2D eigenvalue weighted by Crippen LogP contribution is 2.37. The Hall–Kier alpha value is -0.450. The SMILES string of the molecule is CCCC(CN)C(=O)C1CCOC2(CCOC2)C1. The van der Waals surface area contributed by atoms with Gasteiger partial charge in [-0.2, -0.15) is 0 Å². The first kappa shape index (κ1) is 14.0. The van der Waals surface area contributed by atoms with Crippen molar-refractivity contribution in [3.63, 3.8) is 0 Å². The zero-order valence-corrected chi connectivity index (χ0v) is 11.3. The molecule has 0 aromatic rings. The second kappa shape index (κ2) is 6.13. The molecule has 3 unspecified atom stereocenters. The van der Waals surface area contributed by atoms with E-state index in [0.717, 1.165) is 38.7 Å². The number of Topliss-reactive ketones (excluding diaryl/α,β-unsaturated/α-hetero) is 1. The highest BCUT2D eigenvalue weighted by atomic mass is 16.6. The molecule has 0 aliphatic carbocycles. The summed E-state index contributed by atoms with van der Waals surface area (Å²) in [6.07, 6.45) is 4.53. The maximum absolute atomic E-state index is 12.5. The molecule has 0 aromatic carbocycles. The van der Waals surface area contributed by atoms with Gasteiger partial charge in [0.2, 0.25) is 0 Å². The molecule has 0 aromatic heterocycles. The van der Waals surface area contributed by atoms with Gasteiger partial charge in [0.15, 0.2) is 0 Å². The van der Waals surface area contributed by atoms with Crippen molar-refractivity contribution in [3.05, 3.63) is 0 Å². The first-order valence-electron chi connectivity index (χ1n) is 7.16. The minimum atomic E-state index is -0.177. The van der Waals surface area contributed by atoms with Crippen LogP contribution < -0.4 is 5.73 Å². The number of rotatable bonds is 5. The van der Waals surface area contributed by atoms with Gasteiger partial charge in [-0.3, -0.25) is 4.79 Å². The van der Waals surface area contributed by atoms with Gasteiger partial charge in [-0.1, -0.05) is 13.3 Å². The average Bonchev–Trinajstić information content (AvgIpc) is 2.83. The van der Waals surface area contributed by atoms with Gasteiger partial charge in [0, 0.05) is 38.0 Å². The number of ether oxygens (including phenoxy) is 2. The Morgan fingerprint density at radius 3 is 2.94 bits per heavy atom. The van der Waals surface area contributed by atoms with Crippen LogP contribution in [0.2, 0.25) is 0 Å². The summed E-state index contributed by atoms with van der Waals surface area (Å²) in [7, 11) is 0. The first-order chi connectivity index (χ1) is 8.71. The lowest BCUT2D eigenvalue weighted by molar-refractivity contribution is -0.140. The summed E-state index contributed by atoms with van der Waals surface area (Å²) < 4.78 is 11.3. The van der Waals surface area contributed by atoms with Crippen molar-refractivity contribution < 1.29 is 14.3 Å². The molecule has 4 nitrogen and oxygen atoms in total. The van der Waals surface area contributed by atoms with Crippen molar-refractivity contribution in [2.45, 2.75) is 44.6 Å². The monoisotopic (exact) mass is 255 g/mol. The van der Waals surface area contributed by atoms with Crippen molar-refractivity contribution in [1.29, 1.82) is 0 Å². The Bertz CT molecular complexity index is 287. The summed E-state index contributed by atoms with van der Waals surface area (Å²) in [4.78, 5) is 12.5. The number of hydrogen-bond donors (Lipinski definition) is 1. The number of carbonyl (C=O) groups is 1. The summed E-state index contributed by atoms with van der Waals surface area (Å²) >= 11 is 0. The predicted molar refractivity (Wildman–Crippen MR) is 69.3 cm³/mol. The molecule has 0 amide bonds. The van der Waals surface area contributed by atoms with Gasteiger partial charge in [-0.15, -0.1) is 0 Å². The van der Waals surface area contributed by atoms with Crippen LogP contribution in [0.5, 0.6) is 0 Å². The molecule has 2 N–H and O–H groups in total. The van der Waals surface area contributed by atoms with Crippen LogP contribution in [-0.4, -0.2) is 37.7 Å². The van der Waals surface area contributed by atoms with Gasteiger partial charge in [-0.05, 0) is 19.3 Å². The smallest absolute Gasteiger partial charge is 0.140 e. The molecule has 1 spiro atoms. The van der Waals surface area contributed by atoms with E-state index in [1.165, 1.54) is 0 Å². The Morgan fingerprint density at radius 2 is 2.33 bits per heavy atom. The van der Waals surface area contributed by atoms with Crippen molar-refractivity contribution in [1.82, 2.24) is 0 Å². The summed E-state index contributed by atoms with van der Waals surface area (Å²) in [6, 6.07) is 0. The van der Waals surface area contributed by atoms with E-state index in [2.05, 4.69) is 6.92 Å². The zero-order valence-electron chi connectivity index (χ0n) is 11.3. The van der Waals surface area contributed by atoms with Crippen LogP contribution >= 0.6 is 0 Å². The molecule has 2 rings (SSSR count). The highest BCUT2D eigenvalue weighted by molar-refractivity contribution is 5.83. The van der Waals surface area contributed by atoms with Crippen LogP contribution in [-0.2, 0) is 14.3 Å². The highest BCUT2D eigenvalue weighted by Gasteiger charge is 2.43. The van der Waals surface area contributed by atoms with Gasteiger partial charge in [0.05, 0.1) is 12.2 Å². The molecular formula is C14H25NO3.